The number of aryl methyl sites for hydroxylation is 1. The molecule has 1 aromatic carbocycles. The molecular weight excluding hydrogens is 256 g/mol. The van der Waals surface area contributed by atoms with Crippen LogP contribution in [0, 0.1) is 12.3 Å². The molecule has 1 aliphatic rings. The zero-order chi connectivity index (χ0) is 11.1. The molecule has 3 heteroatoms. The summed E-state index contributed by atoms with van der Waals surface area (Å²) in [5.41, 5.74) is 1.24. The second kappa shape index (κ2) is 3.72. The van der Waals surface area contributed by atoms with E-state index in [1.165, 1.54) is 0 Å². The standard InChI is InChI=1S/C12H13BrO2/c1-8-2-3-9(13)6-10(8)11(15)12(7-14)4-5-12/h2-3,6,14H,4-5,7H2,1H3. The molecule has 1 aromatic rings. The van der Waals surface area contributed by atoms with Crippen LogP contribution in [0.5, 0.6) is 0 Å². The molecule has 0 radical (unpaired) electrons. The number of carbonyl (C=O) groups is 1. The molecule has 0 unspecified atom stereocenters. The van der Waals surface area contributed by atoms with E-state index in [2.05, 4.69) is 15.9 Å². The minimum atomic E-state index is -0.467. The number of carbonyl (C=O) groups excluding carboxylic acids is 1. The van der Waals surface area contributed by atoms with Gasteiger partial charge in [-0.25, -0.2) is 0 Å². The molecule has 2 rings (SSSR count). The SMILES string of the molecule is Cc1ccc(Br)cc1C(=O)C1(CO)CC1. The van der Waals surface area contributed by atoms with Crippen molar-refractivity contribution < 1.29 is 9.90 Å². The average Bonchev–Trinajstić information content (AvgIpc) is 3.01. The Morgan fingerprint density at radius 1 is 1.53 bits per heavy atom. The fraction of sp³-hybridized carbons (Fsp3) is 0.417. The van der Waals surface area contributed by atoms with E-state index in [-0.39, 0.29) is 12.4 Å². The van der Waals surface area contributed by atoms with Crippen molar-refractivity contribution in [3.8, 4) is 0 Å². The molecule has 0 spiro atoms. The second-order valence-corrected chi connectivity index (χ2v) is 5.14. The summed E-state index contributed by atoms with van der Waals surface area (Å²) in [6.07, 6.45) is 1.63. The lowest BCUT2D eigenvalue weighted by Gasteiger charge is -2.12. The number of aliphatic hydroxyl groups excluding tert-OH is 1. The zero-order valence-electron chi connectivity index (χ0n) is 8.59. The van der Waals surface area contributed by atoms with Crippen molar-refractivity contribution in [2.24, 2.45) is 5.41 Å². The Kier molecular flexibility index (Phi) is 2.69. The van der Waals surface area contributed by atoms with Crippen LogP contribution in [0.25, 0.3) is 0 Å². The van der Waals surface area contributed by atoms with Crippen LogP contribution in [0.3, 0.4) is 0 Å². The maximum Gasteiger partial charge on any atom is 0.171 e. The van der Waals surface area contributed by atoms with Gasteiger partial charge in [-0.05, 0) is 37.5 Å². The number of hydrogen-bond donors (Lipinski definition) is 1. The Labute approximate surface area is 97.4 Å². The van der Waals surface area contributed by atoms with Gasteiger partial charge in [-0.3, -0.25) is 4.79 Å². The predicted molar refractivity (Wildman–Crippen MR) is 62.0 cm³/mol. The van der Waals surface area contributed by atoms with E-state index >= 15 is 0 Å². The molecular formula is C12H13BrO2. The molecule has 1 fully saturated rings. The van der Waals surface area contributed by atoms with Crippen molar-refractivity contribution in [3.05, 3.63) is 33.8 Å². The topological polar surface area (TPSA) is 37.3 Å². The molecule has 0 aliphatic heterocycles. The largest absolute Gasteiger partial charge is 0.395 e. The van der Waals surface area contributed by atoms with Gasteiger partial charge in [-0.15, -0.1) is 0 Å². The van der Waals surface area contributed by atoms with Crippen LogP contribution in [0.1, 0.15) is 28.8 Å². The van der Waals surface area contributed by atoms with Gasteiger partial charge in [0.25, 0.3) is 0 Å². The summed E-state index contributed by atoms with van der Waals surface area (Å²) in [5, 5.41) is 9.22. The highest BCUT2D eigenvalue weighted by Crippen LogP contribution is 2.48. The van der Waals surface area contributed by atoms with E-state index in [4.69, 9.17) is 0 Å². The number of ketones is 1. The highest BCUT2D eigenvalue weighted by Gasteiger charge is 2.49. The van der Waals surface area contributed by atoms with Gasteiger partial charge in [-0.2, -0.15) is 0 Å². The van der Waals surface area contributed by atoms with Gasteiger partial charge in [0.1, 0.15) is 0 Å². The minimum absolute atomic E-state index is 0.0300. The number of aliphatic hydroxyl groups is 1. The van der Waals surface area contributed by atoms with Crippen LogP contribution in [-0.4, -0.2) is 17.5 Å². The third kappa shape index (κ3) is 1.86. The number of Topliss-reactive ketones (excluding diaryl/α,β-unsaturated/α-hetero) is 1. The summed E-state index contributed by atoms with van der Waals surface area (Å²) in [5.74, 6) is 0.0869. The first-order valence-electron chi connectivity index (χ1n) is 5.01. The molecule has 80 valence electrons. The molecule has 1 N–H and O–H groups in total. The summed E-state index contributed by atoms with van der Waals surface area (Å²) >= 11 is 3.36. The summed E-state index contributed by atoms with van der Waals surface area (Å²) in [6.45, 7) is 1.89. The highest BCUT2D eigenvalue weighted by molar-refractivity contribution is 9.10. The first kappa shape index (κ1) is 10.8. The summed E-state index contributed by atoms with van der Waals surface area (Å²) in [4.78, 5) is 12.2. The first-order valence-corrected chi connectivity index (χ1v) is 5.80. The lowest BCUT2D eigenvalue weighted by Crippen LogP contribution is -2.20. The van der Waals surface area contributed by atoms with Gasteiger partial charge >= 0.3 is 0 Å². The van der Waals surface area contributed by atoms with Crippen LogP contribution in [0.4, 0.5) is 0 Å². The van der Waals surface area contributed by atoms with Crippen molar-refractivity contribution in [1.29, 1.82) is 0 Å². The lowest BCUT2D eigenvalue weighted by molar-refractivity contribution is 0.0829. The number of rotatable bonds is 3. The van der Waals surface area contributed by atoms with Gasteiger partial charge in [0.15, 0.2) is 5.78 Å². The van der Waals surface area contributed by atoms with Gasteiger partial charge in [-0.1, -0.05) is 22.0 Å². The fourth-order valence-corrected chi connectivity index (χ4v) is 2.09. The van der Waals surface area contributed by atoms with Crippen LogP contribution >= 0.6 is 15.9 Å². The summed E-state index contributed by atoms with van der Waals surface area (Å²) in [7, 11) is 0. The van der Waals surface area contributed by atoms with Crippen molar-refractivity contribution in [2.45, 2.75) is 19.8 Å². The van der Waals surface area contributed by atoms with Gasteiger partial charge in [0.2, 0.25) is 0 Å². The van der Waals surface area contributed by atoms with Crippen LogP contribution < -0.4 is 0 Å². The molecule has 15 heavy (non-hydrogen) atoms. The number of benzene rings is 1. The second-order valence-electron chi connectivity index (χ2n) is 4.23. The maximum atomic E-state index is 12.2. The van der Waals surface area contributed by atoms with Crippen molar-refractivity contribution >= 4 is 21.7 Å². The number of hydrogen-bond acceptors (Lipinski definition) is 2. The molecule has 1 saturated carbocycles. The summed E-state index contributed by atoms with van der Waals surface area (Å²) < 4.78 is 0.908. The average molecular weight is 269 g/mol. The highest BCUT2D eigenvalue weighted by atomic mass is 79.9. The quantitative estimate of drug-likeness (QED) is 0.856. The molecule has 0 bridgehead atoms. The maximum absolute atomic E-state index is 12.2. The Balaban J connectivity index is 2.37. The molecule has 0 atom stereocenters. The molecule has 1 aliphatic carbocycles. The Hall–Kier alpha value is -0.670. The van der Waals surface area contributed by atoms with E-state index < -0.39 is 5.41 Å². The lowest BCUT2D eigenvalue weighted by atomic mass is 9.93. The minimum Gasteiger partial charge on any atom is -0.395 e. The Bertz CT molecular complexity index is 408. The van der Waals surface area contributed by atoms with Crippen LogP contribution in [0.2, 0.25) is 0 Å². The molecule has 0 saturated heterocycles. The van der Waals surface area contributed by atoms with E-state index in [9.17, 15) is 9.90 Å². The molecule has 0 heterocycles. The first-order chi connectivity index (χ1) is 7.09. The van der Waals surface area contributed by atoms with Crippen LogP contribution in [-0.2, 0) is 0 Å². The normalized spacial score (nSPS) is 17.5. The van der Waals surface area contributed by atoms with Crippen molar-refractivity contribution in [3.63, 3.8) is 0 Å². The summed E-state index contributed by atoms with van der Waals surface area (Å²) in [6, 6.07) is 5.68. The Morgan fingerprint density at radius 2 is 2.20 bits per heavy atom. The monoisotopic (exact) mass is 268 g/mol. The smallest absolute Gasteiger partial charge is 0.171 e. The molecule has 2 nitrogen and oxygen atoms in total. The van der Waals surface area contributed by atoms with E-state index in [0.717, 1.165) is 28.4 Å². The molecule has 0 aromatic heterocycles. The molecule has 0 amide bonds. The predicted octanol–water partition coefficient (Wildman–Crippen LogP) is 2.71. The fourth-order valence-electron chi connectivity index (χ4n) is 1.73. The van der Waals surface area contributed by atoms with E-state index in [1.54, 1.807) is 0 Å². The number of halogens is 1. The zero-order valence-corrected chi connectivity index (χ0v) is 10.2. The third-order valence-corrected chi connectivity index (χ3v) is 3.58. The van der Waals surface area contributed by atoms with Crippen molar-refractivity contribution in [1.82, 2.24) is 0 Å². The van der Waals surface area contributed by atoms with Gasteiger partial charge in [0.05, 0.1) is 12.0 Å². The van der Waals surface area contributed by atoms with Crippen molar-refractivity contribution in [2.75, 3.05) is 6.61 Å². The van der Waals surface area contributed by atoms with E-state index in [0.29, 0.717) is 0 Å². The Morgan fingerprint density at radius 3 is 2.73 bits per heavy atom. The van der Waals surface area contributed by atoms with Gasteiger partial charge < -0.3 is 5.11 Å². The van der Waals surface area contributed by atoms with Crippen LogP contribution in [0.15, 0.2) is 22.7 Å². The third-order valence-electron chi connectivity index (χ3n) is 3.08. The van der Waals surface area contributed by atoms with E-state index in [1.807, 2.05) is 25.1 Å². The van der Waals surface area contributed by atoms with Gasteiger partial charge in [0, 0.05) is 10.0 Å².